The number of hydrogen-bond donors (Lipinski definition) is 1. The summed E-state index contributed by atoms with van der Waals surface area (Å²) in [7, 11) is 3.12. The van der Waals surface area contributed by atoms with Gasteiger partial charge in [0, 0.05) is 10.5 Å². The minimum atomic E-state index is -0.295. The van der Waals surface area contributed by atoms with E-state index in [1.54, 1.807) is 50.6 Å². The van der Waals surface area contributed by atoms with Crippen LogP contribution >= 0.6 is 15.9 Å². The normalized spacial score (nSPS) is 10.2. The lowest BCUT2D eigenvalue weighted by atomic mass is 10.1. The first-order valence-corrected chi connectivity index (χ1v) is 9.39. The maximum atomic E-state index is 12.9. The molecule has 1 N–H and O–H groups in total. The molecule has 6 heteroatoms. The number of rotatable bonds is 7. The van der Waals surface area contributed by atoms with E-state index in [0.29, 0.717) is 35.1 Å². The van der Waals surface area contributed by atoms with E-state index in [9.17, 15) is 4.79 Å². The van der Waals surface area contributed by atoms with Crippen LogP contribution in [0.15, 0.2) is 71.2 Å². The van der Waals surface area contributed by atoms with E-state index in [0.717, 1.165) is 10.0 Å². The van der Waals surface area contributed by atoms with Crippen molar-refractivity contribution in [3.05, 3.63) is 82.3 Å². The lowest BCUT2D eigenvalue weighted by Crippen LogP contribution is -2.14. The first-order valence-electron chi connectivity index (χ1n) is 8.60. The largest absolute Gasteiger partial charge is 0.497 e. The maximum absolute atomic E-state index is 12.9. The quantitative estimate of drug-likeness (QED) is 0.540. The molecule has 1 amide bonds. The second-order valence-corrected chi connectivity index (χ2v) is 6.85. The van der Waals surface area contributed by atoms with E-state index in [2.05, 4.69) is 21.2 Å². The van der Waals surface area contributed by atoms with Crippen LogP contribution in [0.25, 0.3) is 0 Å². The van der Waals surface area contributed by atoms with E-state index >= 15 is 0 Å². The van der Waals surface area contributed by atoms with Crippen molar-refractivity contribution in [1.82, 2.24) is 0 Å². The van der Waals surface area contributed by atoms with Crippen molar-refractivity contribution in [1.29, 1.82) is 0 Å². The number of anilines is 1. The van der Waals surface area contributed by atoms with Gasteiger partial charge in [0.05, 0.1) is 25.5 Å². The molecular formula is C22H20BrNO4. The van der Waals surface area contributed by atoms with Gasteiger partial charge in [-0.2, -0.15) is 0 Å². The van der Waals surface area contributed by atoms with Crippen LogP contribution in [0.5, 0.6) is 17.2 Å². The van der Waals surface area contributed by atoms with Crippen LogP contribution in [0.4, 0.5) is 5.69 Å². The minimum absolute atomic E-state index is 0.295. The van der Waals surface area contributed by atoms with Crippen LogP contribution in [-0.4, -0.2) is 20.1 Å². The van der Waals surface area contributed by atoms with Crippen molar-refractivity contribution in [3.63, 3.8) is 0 Å². The molecule has 0 aliphatic rings. The van der Waals surface area contributed by atoms with Gasteiger partial charge < -0.3 is 19.5 Å². The molecule has 0 radical (unpaired) electrons. The highest BCUT2D eigenvalue weighted by Gasteiger charge is 2.15. The van der Waals surface area contributed by atoms with Crippen molar-refractivity contribution < 1.29 is 19.0 Å². The fourth-order valence-electron chi connectivity index (χ4n) is 2.67. The maximum Gasteiger partial charge on any atom is 0.259 e. The molecule has 0 aliphatic heterocycles. The first-order chi connectivity index (χ1) is 13.6. The average molecular weight is 442 g/mol. The van der Waals surface area contributed by atoms with E-state index in [4.69, 9.17) is 14.2 Å². The molecule has 0 fully saturated rings. The summed E-state index contributed by atoms with van der Waals surface area (Å²) < 4.78 is 17.4. The summed E-state index contributed by atoms with van der Waals surface area (Å²) >= 11 is 3.45. The Balaban J connectivity index is 1.79. The van der Waals surface area contributed by atoms with Crippen LogP contribution in [0.3, 0.4) is 0 Å². The van der Waals surface area contributed by atoms with E-state index < -0.39 is 0 Å². The third-order valence-electron chi connectivity index (χ3n) is 4.07. The number of carbonyl (C=O) groups excluding carboxylic acids is 1. The molecule has 0 spiro atoms. The van der Waals surface area contributed by atoms with Gasteiger partial charge in [-0.05, 0) is 42.0 Å². The van der Waals surface area contributed by atoms with Crippen molar-refractivity contribution in [2.24, 2.45) is 0 Å². The minimum Gasteiger partial charge on any atom is -0.497 e. The summed E-state index contributed by atoms with van der Waals surface area (Å²) in [5, 5.41) is 2.87. The molecule has 0 atom stereocenters. The number of halogens is 1. The molecule has 0 aliphatic carbocycles. The Kier molecular flexibility index (Phi) is 6.55. The Hall–Kier alpha value is -2.99. The Morgan fingerprint density at radius 3 is 2.50 bits per heavy atom. The number of hydrogen-bond acceptors (Lipinski definition) is 4. The Morgan fingerprint density at radius 2 is 1.75 bits per heavy atom. The fourth-order valence-corrected chi connectivity index (χ4v) is 3.12. The van der Waals surface area contributed by atoms with Crippen molar-refractivity contribution in [2.45, 2.75) is 6.61 Å². The van der Waals surface area contributed by atoms with Crippen LogP contribution < -0.4 is 19.5 Å². The molecular weight excluding hydrogens is 422 g/mol. The van der Waals surface area contributed by atoms with Gasteiger partial charge in [-0.1, -0.05) is 40.2 Å². The van der Waals surface area contributed by atoms with Gasteiger partial charge in [-0.25, -0.2) is 0 Å². The number of benzene rings is 3. The van der Waals surface area contributed by atoms with Gasteiger partial charge in [-0.15, -0.1) is 0 Å². The molecule has 0 saturated carbocycles. The van der Waals surface area contributed by atoms with Crippen LogP contribution in [-0.2, 0) is 6.61 Å². The predicted molar refractivity (Wildman–Crippen MR) is 112 cm³/mol. The molecule has 144 valence electrons. The smallest absolute Gasteiger partial charge is 0.259 e. The molecule has 0 saturated heterocycles. The average Bonchev–Trinajstić information content (AvgIpc) is 2.72. The van der Waals surface area contributed by atoms with Crippen LogP contribution in [0, 0.1) is 0 Å². The number of carbonyl (C=O) groups is 1. The van der Waals surface area contributed by atoms with Crippen molar-refractivity contribution in [2.75, 3.05) is 19.5 Å². The molecule has 5 nitrogen and oxygen atoms in total. The lowest BCUT2D eigenvalue weighted by Gasteiger charge is -2.14. The second kappa shape index (κ2) is 9.28. The fraction of sp³-hybridized carbons (Fsp3) is 0.136. The number of ether oxygens (including phenoxy) is 3. The molecule has 0 bridgehead atoms. The SMILES string of the molecule is COc1ccc(OC)c(NC(=O)c2ccccc2OCc2cccc(Br)c2)c1. The summed E-state index contributed by atoms with van der Waals surface area (Å²) in [6.07, 6.45) is 0. The van der Waals surface area contributed by atoms with Gasteiger partial charge in [0.1, 0.15) is 23.9 Å². The number of para-hydroxylation sites is 1. The third kappa shape index (κ3) is 4.84. The summed E-state index contributed by atoms with van der Waals surface area (Å²) in [6, 6.07) is 20.2. The summed E-state index contributed by atoms with van der Waals surface area (Å²) in [4.78, 5) is 12.9. The number of nitrogens with one attached hydrogen (secondary N) is 1. The number of amides is 1. The number of methoxy groups -OCH3 is 2. The second-order valence-electron chi connectivity index (χ2n) is 5.94. The highest BCUT2D eigenvalue weighted by molar-refractivity contribution is 9.10. The topological polar surface area (TPSA) is 56.8 Å². The summed E-state index contributed by atoms with van der Waals surface area (Å²) in [6.45, 7) is 0.353. The molecule has 0 aromatic heterocycles. The molecule has 0 heterocycles. The molecule has 3 aromatic carbocycles. The monoisotopic (exact) mass is 441 g/mol. The molecule has 3 rings (SSSR count). The summed E-state index contributed by atoms with van der Waals surface area (Å²) in [5.74, 6) is 1.37. The van der Waals surface area contributed by atoms with Crippen LogP contribution in [0.2, 0.25) is 0 Å². The lowest BCUT2D eigenvalue weighted by molar-refractivity contribution is 0.102. The predicted octanol–water partition coefficient (Wildman–Crippen LogP) is 5.30. The van der Waals surface area contributed by atoms with E-state index in [-0.39, 0.29) is 5.91 Å². The zero-order chi connectivity index (χ0) is 19.9. The zero-order valence-electron chi connectivity index (χ0n) is 15.6. The van der Waals surface area contributed by atoms with Gasteiger partial charge in [0.25, 0.3) is 5.91 Å². The summed E-state index contributed by atoms with van der Waals surface area (Å²) in [5.41, 5.74) is 1.95. The van der Waals surface area contributed by atoms with E-state index in [1.165, 1.54) is 0 Å². The first kappa shape index (κ1) is 19.8. The van der Waals surface area contributed by atoms with Crippen LogP contribution in [0.1, 0.15) is 15.9 Å². The van der Waals surface area contributed by atoms with Crippen molar-refractivity contribution >= 4 is 27.5 Å². The van der Waals surface area contributed by atoms with Gasteiger partial charge >= 0.3 is 0 Å². The Morgan fingerprint density at radius 1 is 0.929 bits per heavy atom. The van der Waals surface area contributed by atoms with Gasteiger partial charge in [0.2, 0.25) is 0 Å². The zero-order valence-corrected chi connectivity index (χ0v) is 17.2. The Labute approximate surface area is 172 Å². The van der Waals surface area contributed by atoms with Gasteiger partial charge in [0.15, 0.2) is 0 Å². The Bertz CT molecular complexity index is 974. The highest BCUT2D eigenvalue weighted by atomic mass is 79.9. The molecule has 28 heavy (non-hydrogen) atoms. The molecule has 3 aromatic rings. The van der Waals surface area contributed by atoms with E-state index in [1.807, 2.05) is 30.3 Å². The highest BCUT2D eigenvalue weighted by Crippen LogP contribution is 2.30. The van der Waals surface area contributed by atoms with Gasteiger partial charge in [-0.3, -0.25) is 4.79 Å². The third-order valence-corrected chi connectivity index (χ3v) is 4.56. The molecule has 0 unspecified atom stereocenters. The van der Waals surface area contributed by atoms with Crippen molar-refractivity contribution in [3.8, 4) is 17.2 Å². The standard InChI is InChI=1S/C22H20BrNO4/c1-26-17-10-11-21(27-2)19(13-17)24-22(25)18-8-3-4-9-20(18)28-14-15-6-5-7-16(23)12-15/h3-13H,14H2,1-2H3,(H,24,25).